The number of benzene rings is 1. The second-order valence-corrected chi connectivity index (χ2v) is 3.31. The van der Waals surface area contributed by atoms with Crippen LogP contribution in [0.25, 0.3) is 0 Å². The fraction of sp³-hybridized carbons (Fsp3) is 0. The highest BCUT2D eigenvalue weighted by molar-refractivity contribution is 5.55. The Bertz CT molecular complexity index is 654. The molecule has 18 heavy (non-hydrogen) atoms. The van der Waals surface area contributed by atoms with Crippen LogP contribution >= 0.6 is 0 Å². The normalized spacial score (nSPS) is 10.9. The molecule has 0 aliphatic rings. The zero-order chi connectivity index (χ0) is 13.1. The maximum atomic E-state index is 11.2. The Morgan fingerprint density at radius 1 is 1.17 bits per heavy atom. The van der Waals surface area contributed by atoms with E-state index in [1.54, 1.807) is 0 Å². The third-order valence-electron chi connectivity index (χ3n) is 2.11. The minimum Gasteiger partial charge on any atom is -0.382 e. The number of hydrogen-bond donors (Lipinski definition) is 3. The highest BCUT2D eigenvalue weighted by Gasteiger charge is 2.06. The molecule has 1 aromatic carbocycles. The Hall–Kier alpha value is -2.97. The number of nitrogen functional groups attached to an aromatic ring is 1. The van der Waals surface area contributed by atoms with Crippen LogP contribution in [0.1, 0.15) is 0 Å². The molecule has 0 unspecified atom stereocenters. The lowest BCUT2D eigenvalue weighted by atomic mass is 10.3. The predicted molar refractivity (Wildman–Crippen MR) is 63.1 cm³/mol. The van der Waals surface area contributed by atoms with E-state index in [-0.39, 0.29) is 17.2 Å². The van der Waals surface area contributed by atoms with Gasteiger partial charge in [0.2, 0.25) is 0 Å². The van der Waals surface area contributed by atoms with Gasteiger partial charge in [0.1, 0.15) is 5.82 Å². The lowest BCUT2D eigenvalue weighted by molar-refractivity contribution is -0.384. The number of anilines is 1. The van der Waals surface area contributed by atoms with Gasteiger partial charge in [-0.1, -0.05) is 0 Å². The number of H-pyrrole nitrogens is 2. The van der Waals surface area contributed by atoms with Crippen molar-refractivity contribution in [3.05, 3.63) is 44.7 Å². The van der Waals surface area contributed by atoms with Gasteiger partial charge in [0.25, 0.3) is 11.2 Å². The summed E-state index contributed by atoms with van der Waals surface area (Å²) in [6.45, 7) is 0. The number of nitrogens with one attached hydrogen (secondary N) is 2. The van der Waals surface area contributed by atoms with Gasteiger partial charge in [-0.2, -0.15) is 5.11 Å². The highest BCUT2D eigenvalue weighted by Crippen LogP contribution is 2.21. The van der Waals surface area contributed by atoms with E-state index in [1.807, 2.05) is 0 Å². The quantitative estimate of drug-likeness (QED) is 0.430. The summed E-state index contributed by atoms with van der Waals surface area (Å²) in [6.07, 6.45) is 0. The van der Waals surface area contributed by atoms with Crippen molar-refractivity contribution in [1.29, 1.82) is 0 Å². The van der Waals surface area contributed by atoms with E-state index >= 15 is 0 Å². The molecule has 1 aromatic heterocycles. The number of nitrogens with two attached hydrogens (primary N) is 1. The van der Waals surface area contributed by atoms with Crippen molar-refractivity contribution in [3.8, 4) is 0 Å². The summed E-state index contributed by atoms with van der Waals surface area (Å²) < 4.78 is 0. The SMILES string of the molecule is Nc1[nH][nH]c(=O)c1N=Nc1ccc([N+](=O)[O-])cc1. The van der Waals surface area contributed by atoms with E-state index in [1.165, 1.54) is 24.3 Å². The maximum absolute atomic E-state index is 11.2. The number of nitrogens with zero attached hydrogens (tertiary/aromatic N) is 3. The third kappa shape index (κ3) is 2.24. The van der Waals surface area contributed by atoms with Crippen molar-refractivity contribution in [2.24, 2.45) is 10.2 Å². The predicted octanol–water partition coefficient (Wildman–Crippen LogP) is 1.61. The topological polar surface area (TPSA) is 143 Å². The van der Waals surface area contributed by atoms with Gasteiger partial charge in [-0.05, 0) is 12.1 Å². The standard InChI is InChI=1S/C9H8N6O3/c10-8-7(9(16)14-13-8)12-11-5-1-3-6(4-2-5)15(17)18/h1-4H,(H4,10,13,14,16). The molecule has 0 saturated heterocycles. The van der Waals surface area contributed by atoms with Crippen molar-refractivity contribution in [3.63, 3.8) is 0 Å². The molecule has 9 nitrogen and oxygen atoms in total. The maximum Gasteiger partial charge on any atom is 0.293 e. The van der Waals surface area contributed by atoms with Crippen LogP contribution < -0.4 is 11.3 Å². The Labute approximate surface area is 99.5 Å². The molecule has 92 valence electrons. The van der Waals surface area contributed by atoms with E-state index in [4.69, 9.17) is 5.73 Å². The van der Waals surface area contributed by atoms with Crippen LogP contribution in [-0.2, 0) is 0 Å². The molecule has 2 aromatic rings. The van der Waals surface area contributed by atoms with E-state index in [0.717, 1.165) is 0 Å². The van der Waals surface area contributed by atoms with Crippen LogP contribution in [0.4, 0.5) is 22.9 Å². The fourth-order valence-electron chi connectivity index (χ4n) is 1.21. The molecular weight excluding hydrogens is 240 g/mol. The van der Waals surface area contributed by atoms with Crippen LogP contribution in [0.2, 0.25) is 0 Å². The van der Waals surface area contributed by atoms with E-state index in [9.17, 15) is 14.9 Å². The molecular formula is C9H8N6O3. The Kier molecular flexibility index (Phi) is 2.87. The van der Waals surface area contributed by atoms with E-state index in [2.05, 4.69) is 20.4 Å². The van der Waals surface area contributed by atoms with Gasteiger partial charge in [-0.3, -0.25) is 25.1 Å². The van der Waals surface area contributed by atoms with Gasteiger partial charge in [0.05, 0.1) is 10.6 Å². The summed E-state index contributed by atoms with van der Waals surface area (Å²) in [6, 6.07) is 5.41. The number of nitro groups is 1. The summed E-state index contributed by atoms with van der Waals surface area (Å²) in [7, 11) is 0. The number of non-ortho nitro benzene ring substituents is 1. The van der Waals surface area contributed by atoms with Crippen LogP contribution in [0, 0.1) is 10.1 Å². The van der Waals surface area contributed by atoms with Crippen molar-refractivity contribution >= 4 is 22.9 Å². The minimum absolute atomic E-state index is 0.0339. The number of azo groups is 1. The lowest BCUT2D eigenvalue weighted by Gasteiger charge is -1.92. The average molecular weight is 248 g/mol. The van der Waals surface area contributed by atoms with Crippen LogP contribution in [0.15, 0.2) is 39.3 Å². The van der Waals surface area contributed by atoms with Gasteiger partial charge in [0.15, 0.2) is 5.69 Å². The lowest BCUT2D eigenvalue weighted by Crippen LogP contribution is -1.96. The first-order chi connectivity index (χ1) is 8.58. The monoisotopic (exact) mass is 248 g/mol. The molecule has 0 radical (unpaired) electrons. The van der Waals surface area contributed by atoms with Crippen LogP contribution in [-0.4, -0.2) is 15.1 Å². The third-order valence-corrected chi connectivity index (χ3v) is 2.11. The zero-order valence-electron chi connectivity index (χ0n) is 8.95. The summed E-state index contributed by atoms with van der Waals surface area (Å²) in [5, 5.41) is 22.5. The smallest absolute Gasteiger partial charge is 0.293 e. The molecule has 2 rings (SSSR count). The molecule has 0 bridgehead atoms. The molecule has 0 amide bonds. The van der Waals surface area contributed by atoms with Gasteiger partial charge in [0, 0.05) is 12.1 Å². The Morgan fingerprint density at radius 2 is 1.83 bits per heavy atom. The van der Waals surface area contributed by atoms with Crippen LogP contribution in [0.5, 0.6) is 0 Å². The number of rotatable bonds is 3. The first-order valence-electron chi connectivity index (χ1n) is 4.80. The van der Waals surface area contributed by atoms with Gasteiger partial charge < -0.3 is 5.73 Å². The van der Waals surface area contributed by atoms with Gasteiger partial charge in [-0.15, -0.1) is 5.11 Å². The average Bonchev–Trinajstić information content (AvgIpc) is 2.67. The van der Waals surface area contributed by atoms with Crippen LogP contribution in [0.3, 0.4) is 0 Å². The molecule has 1 heterocycles. The molecule has 0 spiro atoms. The van der Waals surface area contributed by atoms with Crippen molar-refractivity contribution in [2.75, 3.05) is 5.73 Å². The first-order valence-corrected chi connectivity index (χ1v) is 4.80. The Morgan fingerprint density at radius 3 is 2.33 bits per heavy atom. The van der Waals surface area contributed by atoms with Crippen molar-refractivity contribution in [2.45, 2.75) is 0 Å². The first kappa shape index (κ1) is 11.5. The number of hydrogen-bond acceptors (Lipinski definition) is 6. The molecule has 0 aliphatic heterocycles. The highest BCUT2D eigenvalue weighted by atomic mass is 16.6. The molecule has 4 N–H and O–H groups in total. The second kappa shape index (κ2) is 4.49. The summed E-state index contributed by atoms with van der Waals surface area (Å²) in [5.41, 5.74) is 5.25. The number of aromatic amines is 2. The van der Waals surface area contributed by atoms with Crippen molar-refractivity contribution in [1.82, 2.24) is 10.2 Å². The Balaban J connectivity index is 2.24. The molecule has 0 aliphatic carbocycles. The second-order valence-electron chi connectivity index (χ2n) is 3.31. The van der Waals surface area contributed by atoms with E-state index in [0.29, 0.717) is 5.69 Å². The van der Waals surface area contributed by atoms with Gasteiger partial charge in [-0.25, -0.2) is 0 Å². The van der Waals surface area contributed by atoms with Crippen molar-refractivity contribution < 1.29 is 4.92 Å². The molecule has 9 heteroatoms. The molecule has 0 atom stereocenters. The summed E-state index contributed by atoms with van der Waals surface area (Å²) in [5.74, 6) is 0.0747. The molecule has 0 fully saturated rings. The zero-order valence-corrected chi connectivity index (χ0v) is 8.95. The van der Waals surface area contributed by atoms with Gasteiger partial charge >= 0.3 is 0 Å². The number of nitro benzene ring substituents is 1. The molecule has 0 saturated carbocycles. The summed E-state index contributed by atoms with van der Waals surface area (Å²) >= 11 is 0. The summed E-state index contributed by atoms with van der Waals surface area (Å²) in [4.78, 5) is 21.1. The fourth-order valence-corrected chi connectivity index (χ4v) is 1.21. The minimum atomic E-state index is -0.518. The largest absolute Gasteiger partial charge is 0.382 e. The van der Waals surface area contributed by atoms with E-state index < -0.39 is 10.5 Å². The number of aromatic nitrogens is 2.